The number of nitrogens with zero attached hydrogens (tertiary/aromatic N) is 4. The number of hydrogen-bond acceptors (Lipinski definition) is 3. The molecule has 0 radical (unpaired) electrons. The van der Waals surface area contributed by atoms with Crippen molar-refractivity contribution in [2.45, 2.75) is 26.4 Å². The molecule has 5 aromatic rings. The van der Waals surface area contributed by atoms with Gasteiger partial charge in [-0.1, -0.05) is 64.5 Å². The first kappa shape index (κ1) is 19.7. The lowest BCUT2D eigenvalue weighted by molar-refractivity contribution is 0.574. The third-order valence-corrected chi connectivity index (χ3v) is 6.09. The molecule has 5 nitrogen and oxygen atoms in total. The maximum absolute atomic E-state index is 13.1. The fourth-order valence-electron chi connectivity index (χ4n) is 4.05. The zero-order valence-electron chi connectivity index (χ0n) is 17.1. The molecule has 0 aliphatic heterocycles. The lowest BCUT2D eigenvalue weighted by atomic mass is 10.1. The first-order chi connectivity index (χ1) is 15.1. The Hall–Kier alpha value is -3.25. The highest BCUT2D eigenvalue weighted by molar-refractivity contribution is 9.10. The summed E-state index contributed by atoms with van der Waals surface area (Å²) < 4.78 is 4.74. The van der Waals surface area contributed by atoms with Gasteiger partial charge in [-0.05, 0) is 43.2 Å². The van der Waals surface area contributed by atoms with Gasteiger partial charge in [-0.2, -0.15) is 5.10 Å². The molecule has 0 N–H and O–H groups in total. The lowest BCUT2D eigenvalue weighted by Gasteiger charge is -2.12. The standard InChI is InChI=1S/C25H21BrN4O/c1-17-20-9-5-6-10-21(20)25(31)30(28-17)16-24-27-22-12-11-19(26)15-23(22)29(24)14-13-18-7-3-2-4-8-18/h2-12,15H,13-14,16H2,1H3. The van der Waals surface area contributed by atoms with Gasteiger partial charge < -0.3 is 4.57 Å². The largest absolute Gasteiger partial charge is 0.326 e. The second-order valence-corrected chi connectivity index (χ2v) is 8.56. The van der Waals surface area contributed by atoms with E-state index in [1.165, 1.54) is 10.2 Å². The minimum atomic E-state index is -0.0935. The molecule has 0 fully saturated rings. The third kappa shape index (κ3) is 3.79. The molecule has 31 heavy (non-hydrogen) atoms. The van der Waals surface area contributed by atoms with Crippen molar-refractivity contribution in [1.82, 2.24) is 19.3 Å². The monoisotopic (exact) mass is 472 g/mol. The van der Waals surface area contributed by atoms with Gasteiger partial charge in [-0.25, -0.2) is 9.67 Å². The molecule has 0 aliphatic carbocycles. The molecule has 3 aromatic carbocycles. The molecule has 154 valence electrons. The van der Waals surface area contributed by atoms with Gasteiger partial charge in [0.2, 0.25) is 0 Å². The summed E-state index contributed by atoms with van der Waals surface area (Å²) in [5.74, 6) is 0.827. The summed E-state index contributed by atoms with van der Waals surface area (Å²) in [5, 5.41) is 6.16. The molecule has 2 heterocycles. The van der Waals surface area contributed by atoms with Crippen molar-refractivity contribution in [3.8, 4) is 0 Å². The van der Waals surface area contributed by atoms with Crippen molar-refractivity contribution in [3.05, 3.63) is 105 Å². The zero-order valence-corrected chi connectivity index (χ0v) is 18.7. The number of imidazole rings is 1. The number of halogens is 1. The minimum absolute atomic E-state index is 0.0935. The number of fused-ring (bicyclic) bond motifs is 2. The van der Waals surface area contributed by atoms with Crippen LogP contribution in [0.3, 0.4) is 0 Å². The average molecular weight is 473 g/mol. The van der Waals surface area contributed by atoms with Crippen LogP contribution in [-0.2, 0) is 19.5 Å². The Morgan fingerprint density at radius 2 is 1.68 bits per heavy atom. The maximum Gasteiger partial charge on any atom is 0.275 e. The van der Waals surface area contributed by atoms with Crippen LogP contribution in [0.2, 0.25) is 0 Å². The van der Waals surface area contributed by atoms with Crippen LogP contribution in [0, 0.1) is 6.92 Å². The molecule has 0 unspecified atom stereocenters. The Kier molecular flexibility index (Phi) is 5.16. The van der Waals surface area contributed by atoms with E-state index in [2.05, 4.69) is 55.9 Å². The molecular weight excluding hydrogens is 452 g/mol. The summed E-state index contributed by atoms with van der Waals surface area (Å²) in [6, 6.07) is 24.1. The van der Waals surface area contributed by atoms with Crippen LogP contribution in [0.15, 0.2) is 82.1 Å². The SMILES string of the molecule is Cc1nn(Cc2nc3ccc(Br)cc3n2CCc2ccccc2)c(=O)c2ccccc12. The third-order valence-electron chi connectivity index (χ3n) is 5.60. The van der Waals surface area contributed by atoms with E-state index in [4.69, 9.17) is 4.98 Å². The quantitative estimate of drug-likeness (QED) is 0.357. The van der Waals surface area contributed by atoms with Crippen LogP contribution in [-0.4, -0.2) is 19.3 Å². The van der Waals surface area contributed by atoms with Gasteiger partial charge in [0.25, 0.3) is 5.56 Å². The summed E-state index contributed by atoms with van der Waals surface area (Å²) in [6.07, 6.45) is 0.880. The molecule has 0 saturated carbocycles. The van der Waals surface area contributed by atoms with Crippen LogP contribution in [0.1, 0.15) is 17.1 Å². The average Bonchev–Trinajstić information content (AvgIpc) is 3.12. The van der Waals surface area contributed by atoms with Crippen molar-refractivity contribution in [3.63, 3.8) is 0 Å². The van der Waals surface area contributed by atoms with Gasteiger partial charge in [0.05, 0.1) is 22.1 Å². The first-order valence-corrected chi connectivity index (χ1v) is 11.0. The molecule has 0 amide bonds. The number of aromatic nitrogens is 4. The second kappa shape index (κ2) is 8.12. The highest BCUT2D eigenvalue weighted by Gasteiger charge is 2.15. The summed E-state index contributed by atoms with van der Waals surface area (Å²) in [5.41, 5.74) is 3.97. The Morgan fingerprint density at radius 3 is 2.48 bits per heavy atom. The highest BCUT2D eigenvalue weighted by Crippen LogP contribution is 2.22. The molecule has 0 atom stereocenters. The van der Waals surface area contributed by atoms with Gasteiger partial charge in [0.15, 0.2) is 0 Å². The van der Waals surface area contributed by atoms with Crippen LogP contribution < -0.4 is 5.56 Å². The number of aryl methyl sites for hydroxylation is 3. The molecule has 6 heteroatoms. The summed E-state index contributed by atoms with van der Waals surface area (Å²) in [7, 11) is 0. The van der Waals surface area contributed by atoms with E-state index in [9.17, 15) is 4.79 Å². The summed E-state index contributed by atoms with van der Waals surface area (Å²) >= 11 is 3.58. The highest BCUT2D eigenvalue weighted by atomic mass is 79.9. The zero-order chi connectivity index (χ0) is 21.4. The van der Waals surface area contributed by atoms with E-state index >= 15 is 0 Å². The Bertz CT molecular complexity index is 1450. The van der Waals surface area contributed by atoms with Crippen molar-refractivity contribution in [2.75, 3.05) is 0 Å². The van der Waals surface area contributed by atoms with Crippen molar-refractivity contribution >= 4 is 37.7 Å². The van der Waals surface area contributed by atoms with Crippen LogP contribution in [0.25, 0.3) is 21.8 Å². The van der Waals surface area contributed by atoms with Crippen molar-refractivity contribution < 1.29 is 0 Å². The molecule has 0 saturated heterocycles. The molecule has 0 bridgehead atoms. The fourth-order valence-corrected chi connectivity index (χ4v) is 4.40. The van der Waals surface area contributed by atoms with Crippen LogP contribution in [0.4, 0.5) is 0 Å². The van der Waals surface area contributed by atoms with Crippen LogP contribution >= 0.6 is 15.9 Å². The normalized spacial score (nSPS) is 11.4. The molecular formula is C25H21BrN4O. The van der Waals surface area contributed by atoms with Crippen LogP contribution in [0.5, 0.6) is 0 Å². The summed E-state index contributed by atoms with van der Waals surface area (Å²) in [6.45, 7) is 3.03. The second-order valence-electron chi connectivity index (χ2n) is 7.64. The topological polar surface area (TPSA) is 52.7 Å². The van der Waals surface area contributed by atoms with Gasteiger partial charge in [0, 0.05) is 16.4 Å². The van der Waals surface area contributed by atoms with Gasteiger partial charge in [-0.15, -0.1) is 0 Å². The Morgan fingerprint density at radius 1 is 0.935 bits per heavy atom. The van der Waals surface area contributed by atoms with Gasteiger partial charge in [0.1, 0.15) is 12.4 Å². The first-order valence-electron chi connectivity index (χ1n) is 10.3. The maximum atomic E-state index is 13.1. The van der Waals surface area contributed by atoms with E-state index in [0.717, 1.165) is 45.4 Å². The molecule has 0 aliphatic rings. The molecule has 0 spiro atoms. The number of hydrogen-bond donors (Lipinski definition) is 0. The summed E-state index contributed by atoms with van der Waals surface area (Å²) in [4.78, 5) is 18.0. The Labute approximate surface area is 188 Å². The minimum Gasteiger partial charge on any atom is -0.326 e. The van der Waals surface area contributed by atoms with Gasteiger partial charge in [-0.3, -0.25) is 4.79 Å². The van der Waals surface area contributed by atoms with E-state index in [1.54, 1.807) is 0 Å². The Balaban J connectivity index is 1.59. The number of benzene rings is 3. The fraction of sp³-hybridized carbons (Fsp3) is 0.160. The number of rotatable bonds is 5. The smallest absolute Gasteiger partial charge is 0.275 e. The molecule has 5 rings (SSSR count). The molecule has 2 aromatic heterocycles. The lowest BCUT2D eigenvalue weighted by Crippen LogP contribution is -2.26. The predicted molar refractivity (Wildman–Crippen MR) is 127 cm³/mol. The van der Waals surface area contributed by atoms with Crippen molar-refractivity contribution in [1.29, 1.82) is 0 Å². The van der Waals surface area contributed by atoms with E-state index in [-0.39, 0.29) is 5.56 Å². The van der Waals surface area contributed by atoms with E-state index < -0.39 is 0 Å². The van der Waals surface area contributed by atoms with Crippen molar-refractivity contribution in [2.24, 2.45) is 0 Å². The van der Waals surface area contributed by atoms with E-state index in [0.29, 0.717) is 11.9 Å². The van der Waals surface area contributed by atoms with Gasteiger partial charge >= 0.3 is 0 Å². The van der Waals surface area contributed by atoms with E-state index in [1.807, 2.05) is 49.4 Å². The predicted octanol–water partition coefficient (Wildman–Crippen LogP) is 5.11.